The van der Waals surface area contributed by atoms with Gasteiger partial charge in [0.1, 0.15) is 12.1 Å². The van der Waals surface area contributed by atoms with Crippen LogP contribution in [-0.2, 0) is 38.4 Å². The fourth-order valence-corrected chi connectivity index (χ4v) is 10.0. The summed E-state index contributed by atoms with van der Waals surface area (Å²) in [6, 6.07) is -2.10. The zero-order valence-electron chi connectivity index (χ0n) is 57.2. The molecular weight excluding hydrogens is 1230 g/mol. The Labute approximate surface area is 557 Å². The molecule has 6 amide bonds. The molecule has 0 aromatic heterocycles. The summed E-state index contributed by atoms with van der Waals surface area (Å²) in [5.41, 5.74) is 27.3. The van der Waals surface area contributed by atoms with E-state index in [1.165, 1.54) is 180 Å². The molecule has 0 aliphatic rings. The summed E-state index contributed by atoms with van der Waals surface area (Å²) in [5.74, 6) is -7.88. The number of amides is 6. The lowest BCUT2D eigenvalue weighted by molar-refractivity contribution is -0.193. The van der Waals surface area contributed by atoms with Crippen molar-refractivity contribution in [3.63, 3.8) is 0 Å². The Kier molecular flexibility index (Phi) is 61.7. The number of hydrogen-bond donors (Lipinski definition) is 11. The molecule has 0 unspecified atom stereocenters. The number of carboxylic acids is 2. The molecule has 16 N–H and O–H groups in total. The second-order valence-corrected chi connectivity index (χ2v) is 24.2. The Bertz CT molecular complexity index is 1950. The number of carbonyl (C=O) groups is 8. The maximum Gasteiger partial charge on any atom is 0.490 e. The van der Waals surface area contributed by atoms with E-state index in [9.17, 15) is 55.1 Å². The first kappa shape index (κ1) is 92.1. The maximum atomic E-state index is 13.7. The van der Waals surface area contributed by atoms with Crippen LogP contribution in [0.4, 0.5) is 26.3 Å². The van der Waals surface area contributed by atoms with E-state index in [0.717, 1.165) is 38.5 Å². The number of alkyl halides is 6. The molecule has 0 rings (SSSR count). The van der Waals surface area contributed by atoms with E-state index in [-0.39, 0.29) is 68.4 Å². The lowest BCUT2D eigenvalue weighted by atomic mass is 10.0. The van der Waals surface area contributed by atoms with Gasteiger partial charge in [-0.2, -0.15) is 26.3 Å². The third-order valence-electron chi connectivity index (χ3n) is 15.5. The average molecular weight is 1360 g/mol. The van der Waals surface area contributed by atoms with Crippen molar-refractivity contribution in [2.24, 2.45) is 38.7 Å². The van der Waals surface area contributed by atoms with Crippen LogP contribution in [0.15, 0.2) is 9.98 Å². The molecule has 0 saturated carbocycles. The van der Waals surface area contributed by atoms with E-state index < -0.39 is 54.1 Å². The second-order valence-electron chi connectivity index (χ2n) is 24.2. The Hall–Kier alpha value is -6.12. The summed E-state index contributed by atoms with van der Waals surface area (Å²) in [7, 11) is 0. The number of rotatable bonds is 59. The number of nitrogens with zero attached hydrogens (tertiary/aromatic N) is 3. The van der Waals surface area contributed by atoms with Gasteiger partial charge in [-0.05, 0) is 51.4 Å². The van der Waals surface area contributed by atoms with Gasteiger partial charge in [-0.15, -0.1) is 0 Å². The van der Waals surface area contributed by atoms with Crippen LogP contribution in [0.2, 0.25) is 0 Å². The zero-order valence-corrected chi connectivity index (χ0v) is 57.2. The van der Waals surface area contributed by atoms with Crippen LogP contribution in [0.1, 0.15) is 296 Å². The standard InChI is InChI=1S/C62H122N12O6.2C2HF3O2/c1-3-5-7-9-11-13-15-17-19-21-23-25-27-29-31-33-35-43-55(75)68-49-39-51-74(52-40-50-69-56(76)44-36-34-32-30-28-26-24-22-20-18-16-14-12-10-8-6-4-2)58(78)46-45-57(77)72-54(42-38-48-71-62(66)67)60(80)73-53(59(63)79)41-37-47-70-61(64)65;2*3-2(4,5)1(6)7/h53-54H,3-52H2,1-2H3,(H2,63,79)(H,68,75)(H,69,76)(H,72,77)(H,73,80)(H4,64,65,70)(H4,66,67,71);2*(H,6,7)/t53-,54-;;/m0../s1. The van der Waals surface area contributed by atoms with E-state index in [0.29, 0.717) is 64.7 Å². The highest BCUT2D eigenvalue weighted by Crippen LogP contribution is 2.18. The number of unbranched alkanes of at least 4 members (excludes halogenated alkanes) is 32. The van der Waals surface area contributed by atoms with Gasteiger partial charge >= 0.3 is 24.3 Å². The molecule has 0 bridgehead atoms. The van der Waals surface area contributed by atoms with Gasteiger partial charge in [0.05, 0.1) is 0 Å². The van der Waals surface area contributed by atoms with Crippen LogP contribution in [0, 0.1) is 0 Å². The maximum absolute atomic E-state index is 13.7. The summed E-state index contributed by atoms with van der Waals surface area (Å²) < 4.78 is 63.5. The topological polar surface area (TPSA) is 383 Å². The van der Waals surface area contributed by atoms with Gasteiger partial charge in [0.25, 0.3) is 0 Å². The minimum absolute atomic E-state index is 0.00721. The van der Waals surface area contributed by atoms with Crippen LogP contribution in [0.3, 0.4) is 0 Å². The lowest BCUT2D eigenvalue weighted by Crippen LogP contribution is -2.53. The summed E-state index contributed by atoms with van der Waals surface area (Å²) >= 11 is 0. The first-order valence-electron chi connectivity index (χ1n) is 35.1. The molecule has 2 atom stereocenters. The average Bonchev–Trinajstić information content (AvgIpc) is 2.11. The molecule has 94 heavy (non-hydrogen) atoms. The van der Waals surface area contributed by atoms with E-state index in [2.05, 4.69) is 45.1 Å². The number of halogens is 6. The van der Waals surface area contributed by atoms with Crippen molar-refractivity contribution in [2.45, 2.75) is 321 Å². The van der Waals surface area contributed by atoms with Crippen LogP contribution in [0.25, 0.3) is 0 Å². The quantitative estimate of drug-likeness (QED) is 0.0117. The highest BCUT2D eigenvalue weighted by atomic mass is 19.4. The number of carbonyl (C=O) groups excluding carboxylic acids is 6. The van der Waals surface area contributed by atoms with Crippen LogP contribution in [-0.4, -0.2) is 138 Å². The molecule has 0 aromatic carbocycles. The summed E-state index contributed by atoms with van der Waals surface area (Å²) in [6.07, 6.45) is 36.3. The fraction of sp³-hybridized carbons (Fsp3) is 0.848. The molecule has 0 radical (unpaired) electrons. The van der Waals surface area contributed by atoms with Crippen LogP contribution < -0.4 is 49.9 Å². The largest absolute Gasteiger partial charge is 0.490 e. The highest BCUT2D eigenvalue weighted by Gasteiger charge is 2.39. The van der Waals surface area contributed by atoms with E-state index in [4.69, 9.17) is 48.5 Å². The molecule has 0 aliphatic heterocycles. The number of guanidine groups is 2. The van der Waals surface area contributed by atoms with E-state index in [1.54, 1.807) is 4.90 Å². The predicted molar refractivity (Wildman–Crippen MR) is 359 cm³/mol. The van der Waals surface area contributed by atoms with Crippen molar-refractivity contribution < 1.29 is 74.9 Å². The monoisotopic (exact) mass is 1360 g/mol. The molecular formula is C66H124F6N12O10. The number of hydrogen-bond acceptors (Lipinski definition) is 10. The smallest absolute Gasteiger partial charge is 0.475 e. The molecule has 0 spiro atoms. The molecule has 22 nitrogen and oxygen atoms in total. The highest BCUT2D eigenvalue weighted by molar-refractivity contribution is 5.92. The van der Waals surface area contributed by atoms with Gasteiger partial charge in [-0.3, -0.25) is 38.8 Å². The fourth-order valence-electron chi connectivity index (χ4n) is 10.0. The summed E-state index contributed by atoms with van der Waals surface area (Å²) in [4.78, 5) is 106. The number of aliphatic carboxylic acids is 2. The lowest BCUT2D eigenvalue weighted by Gasteiger charge is -2.24. The minimum atomic E-state index is -5.08. The number of primary amides is 1. The van der Waals surface area contributed by atoms with Gasteiger partial charge in [0, 0.05) is 65.0 Å². The third kappa shape index (κ3) is 65.9. The first-order chi connectivity index (χ1) is 44.7. The van der Waals surface area contributed by atoms with Crippen molar-refractivity contribution in [3.8, 4) is 0 Å². The van der Waals surface area contributed by atoms with Gasteiger partial charge in [-0.1, -0.05) is 219 Å². The number of carboxylic acid groups (broad SMARTS) is 2. The van der Waals surface area contributed by atoms with Crippen LogP contribution >= 0.6 is 0 Å². The minimum Gasteiger partial charge on any atom is -0.475 e. The summed E-state index contributed by atoms with van der Waals surface area (Å²) in [6.45, 7) is 6.51. The number of nitrogens with one attached hydrogen (secondary N) is 4. The van der Waals surface area contributed by atoms with Crippen molar-refractivity contribution in [1.82, 2.24) is 26.2 Å². The van der Waals surface area contributed by atoms with Crippen molar-refractivity contribution in [1.29, 1.82) is 0 Å². The molecule has 550 valence electrons. The SMILES string of the molecule is CCCCCCCCCCCCCCCCCCCC(=O)NCCCN(CCCNC(=O)CCCCCCCCCCCCCCCCCCC)C(=O)CCC(=O)N[C@@H](CCCN=C(N)N)C(=O)N[C@@H](CCCN=C(N)N)C(N)=O.O=C(O)C(F)(F)F.O=C(O)C(F)(F)F. The first-order valence-corrected chi connectivity index (χ1v) is 35.1. The van der Waals surface area contributed by atoms with Gasteiger partial charge in [0.15, 0.2) is 11.9 Å². The summed E-state index contributed by atoms with van der Waals surface area (Å²) in [5, 5.41) is 25.6. The van der Waals surface area contributed by atoms with Gasteiger partial charge < -0.3 is 65.0 Å². The van der Waals surface area contributed by atoms with Crippen molar-refractivity contribution in [3.05, 3.63) is 0 Å². The van der Waals surface area contributed by atoms with Gasteiger partial charge in [0.2, 0.25) is 35.4 Å². The second kappa shape index (κ2) is 63.0. The van der Waals surface area contributed by atoms with Crippen LogP contribution in [0.5, 0.6) is 0 Å². The Balaban J connectivity index is -0.00000526. The molecule has 0 aromatic rings. The molecule has 0 aliphatic carbocycles. The molecule has 28 heteroatoms. The Morgan fingerprint density at radius 2 is 0.670 bits per heavy atom. The predicted octanol–water partition coefficient (Wildman–Crippen LogP) is 11.5. The number of nitrogens with two attached hydrogens (primary N) is 5. The van der Waals surface area contributed by atoms with Crippen molar-refractivity contribution in [2.75, 3.05) is 39.3 Å². The van der Waals surface area contributed by atoms with E-state index in [1.807, 2.05) is 0 Å². The Morgan fingerprint density at radius 1 is 0.383 bits per heavy atom. The van der Waals surface area contributed by atoms with Crippen molar-refractivity contribution >= 4 is 59.3 Å². The number of aliphatic imine (C=N–C) groups is 2. The van der Waals surface area contributed by atoms with Gasteiger partial charge in [-0.25, -0.2) is 9.59 Å². The molecule has 0 heterocycles. The molecule has 0 saturated heterocycles. The normalized spacial score (nSPS) is 11.7. The third-order valence-corrected chi connectivity index (χ3v) is 15.5. The van der Waals surface area contributed by atoms with E-state index >= 15 is 0 Å². The Morgan fingerprint density at radius 3 is 0.947 bits per heavy atom. The zero-order chi connectivity index (χ0) is 71.1. The molecule has 0 fully saturated rings.